The van der Waals surface area contributed by atoms with Crippen LogP contribution in [0.3, 0.4) is 0 Å². The molecule has 0 aliphatic rings. The number of hydrogen-bond donors (Lipinski definition) is 1. The van der Waals surface area contributed by atoms with Crippen LogP contribution in [0.2, 0.25) is 0 Å². The molecule has 0 heterocycles. The standard InChI is InChI=1S/C50H85NO7/c1-6-8-10-12-14-16-18-20-21-22-23-24-25-26-27-29-30-32-34-36-38-40-48(52)57-45-46(44-56-43-42-47(50(54)55)51(3,4)5)58-49(53)41-39-37-35-33-31-28-19-17-15-13-11-9-7-2/h9,11,13,15,17,19,24-25,28,31,33,35,46-47H,6-8,10,12,14,16,18,20-23,26-27,29-30,32,34,36-45H2,1-5H3/p+1/b11-9+,15-13+,19-17+,25-24+,31-28+,35-33+. The van der Waals surface area contributed by atoms with Crippen LogP contribution < -0.4 is 0 Å². The van der Waals surface area contributed by atoms with Gasteiger partial charge in [0.25, 0.3) is 0 Å². The summed E-state index contributed by atoms with van der Waals surface area (Å²) in [6, 6.07) is -0.631. The Balaban J connectivity index is 4.34. The van der Waals surface area contributed by atoms with Gasteiger partial charge in [-0.3, -0.25) is 9.59 Å². The molecule has 8 heteroatoms. The van der Waals surface area contributed by atoms with Crippen molar-refractivity contribution in [3.05, 3.63) is 72.9 Å². The zero-order valence-electron chi connectivity index (χ0n) is 37.7. The SMILES string of the molecule is CC/C=C/C=C/C=C/C=C/C=C/CCCC(=O)OC(COCCC(C(=O)O)[N+](C)(C)C)COC(=O)CCCCCCCCC/C=C/CCCCCCCCCCCC. The summed E-state index contributed by atoms with van der Waals surface area (Å²) in [6.07, 6.45) is 51.1. The second-order valence-corrected chi connectivity index (χ2v) is 16.4. The van der Waals surface area contributed by atoms with Crippen molar-refractivity contribution < 1.29 is 38.2 Å². The molecular weight excluding hydrogens is 727 g/mol. The molecule has 0 aliphatic heterocycles. The van der Waals surface area contributed by atoms with Crippen LogP contribution in [0.1, 0.15) is 174 Å². The minimum absolute atomic E-state index is 0.0277. The molecule has 0 aromatic carbocycles. The molecule has 0 spiro atoms. The predicted octanol–water partition coefficient (Wildman–Crippen LogP) is 12.7. The quantitative estimate of drug-likeness (QED) is 0.0216. The molecule has 8 nitrogen and oxygen atoms in total. The number of carbonyl (C=O) groups excluding carboxylic acids is 2. The maximum atomic E-state index is 12.7. The first kappa shape index (κ1) is 54.8. The number of aliphatic carboxylic acids is 1. The third-order valence-electron chi connectivity index (χ3n) is 9.97. The summed E-state index contributed by atoms with van der Waals surface area (Å²) in [5.41, 5.74) is 0. The second kappa shape index (κ2) is 40.5. The second-order valence-electron chi connectivity index (χ2n) is 16.4. The number of likely N-dealkylation sites (N-methyl/N-ethyl adjacent to an activating group) is 1. The molecule has 2 unspecified atom stereocenters. The van der Waals surface area contributed by atoms with Gasteiger partial charge in [0.2, 0.25) is 0 Å². The Kier molecular flexibility index (Phi) is 38.3. The molecule has 332 valence electrons. The van der Waals surface area contributed by atoms with Crippen molar-refractivity contribution in [1.29, 1.82) is 0 Å². The van der Waals surface area contributed by atoms with E-state index in [1.807, 2.05) is 75.8 Å². The maximum absolute atomic E-state index is 12.7. The predicted molar refractivity (Wildman–Crippen MR) is 243 cm³/mol. The van der Waals surface area contributed by atoms with Crippen molar-refractivity contribution in [2.45, 2.75) is 187 Å². The molecule has 0 aromatic heterocycles. The van der Waals surface area contributed by atoms with E-state index in [4.69, 9.17) is 14.2 Å². The molecule has 0 amide bonds. The van der Waals surface area contributed by atoms with Crippen molar-refractivity contribution in [2.75, 3.05) is 41.0 Å². The van der Waals surface area contributed by atoms with E-state index in [1.165, 1.54) is 103 Å². The van der Waals surface area contributed by atoms with Gasteiger partial charge >= 0.3 is 17.9 Å². The largest absolute Gasteiger partial charge is 0.477 e. The molecule has 0 saturated carbocycles. The topological polar surface area (TPSA) is 99.1 Å². The molecular formula is C50H86NO7+. The zero-order valence-corrected chi connectivity index (χ0v) is 37.7. The van der Waals surface area contributed by atoms with E-state index in [1.54, 1.807) is 0 Å². The van der Waals surface area contributed by atoms with E-state index in [9.17, 15) is 19.5 Å². The summed E-state index contributed by atoms with van der Waals surface area (Å²) in [5.74, 6) is -1.58. The van der Waals surface area contributed by atoms with Crippen LogP contribution in [0.15, 0.2) is 72.9 Å². The lowest BCUT2D eigenvalue weighted by Gasteiger charge is -2.31. The number of ether oxygens (including phenoxy) is 3. The van der Waals surface area contributed by atoms with Gasteiger partial charge in [-0.05, 0) is 51.4 Å². The number of allylic oxidation sites excluding steroid dienone is 12. The van der Waals surface area contributed by atoms with E-state index in [0.29, 0.717) is 19.3 Å². The summed E-state index contributed by atoms with van der Waals surface area (Å²) < 4.78 is 17.2. The fraction of sp³-hybridized carbons (Fsp3) is 0.700. The van der Waals surface area contributed by atoms with Gasteiger partial charge in [-0.15, -0.1) is 0 Å². The van der Waals surface area contributed by atoms with E-state index in [0.717, 1.165) is 32.1 Å². The fourth-order valence-electron chi connectivity index (χ4n) is 6.41. The Morgan fingerprint density at radius 1 is 0.534 bits per heavy atom. The monoisotopic (exact) mass is 813 g/mol. The van der Waals surface area contributed by atoms with Crippen molar-refractivity contribution in [2.24, 2.45) is 0 Å². The lowest BCUT2D eigenvalue weighted by atomic mass is 10.1. The molecule has 0 fully saturated rings. The summed E-state index contributed by atoms with van der Waals surface area (Å²) in [5, 5.41) is 9.62. The van der Waals surface area contributed by atoms with Gasteiger partial charge in [-0.1, -0.05) is 177 Å². The fourth-order valence-corrected chi connectivity index (χ4v) is 6.41. The van der Waals surface area contributed by atoms with Crippen LogP contribution >= 0.6 is 0 Å². The molecule has 0 rings (SSSR count). The Hall–Kier alpha value is -3.23. The first-order valence-corrected chi connectivity index (χ1v) is 23.0. The number of carboxylic acids is 1. The molecule has 0 saturated heterocycles. The lowest BCUT2D eigenvalue weighted by Crippen LogP contribution is -2.50. The first-order valence-electron chi connectivity index (χ1n) is 23.0. The van der Waals surface area contributed by atoms with Gasteiger partial charge < -0.3 is 23.8 Å². The molecule has 0 aromatic rings. The Morgan fingerprint density at radius 3 is 1.52 bits per heavy atom. The molecule has 0 radical (unpaired) electrons. The Morgan fingerprint density at radius 2 is 1.00 bits per heavy atom. The number of hydrogen-bond acceptors (Lipinski definition) is 6. The van der Waals surface area contributed by atoms with E-state index >= 15 is 0 Å². The highest BCUT2D eigenvalue weighted by Gasteiger charge is 2.31. The minimum Gasteiger partial charge on any atom is -0.477 e. The zero-order chi connectivity index (χ0) is 42.8. The first-order chi connectivity index (χ1) is 28.1. The molecule has 0 aliphatic carbocycles. The molecule has 0 bridgehead atoms. The number of unbranched alkanes of at least 4 members (excludes halogenated alkanes) is 18. The third kappa shape index (κ3) is 38.3. The van der Waals surface area contributed by atoms with Crippen LogP contribution in [0, 0.1) is 0 Å². The molecule has 2 atom stereocenters. The van der Waals surface area contributed by atoms with Crippen molar-refractivity contribution in [1.82, 2.24) is 0 Å². The van der Waals surface area contributed by atoms with Crippen molar-refractivity contribution in [3.8, 4) is 0 Å². The Bertz CT molecular complexity index is 1180. The lowest BCUT2D eigenvalue weighted by molar-refractivity contribution is -0.887. The highest BCUT2D eigenvalue weighted by Crippen LogP contribution is 2.14. The van der Waals surface area contributed by atoms with Gasteiger partial charge in [0, 0.05) is 19.3 Å². The average Bonchev–Trinajstić information content (AvgIpc) is 3.18. The van der Waals surface area contributed by atoms with Crippen LogP contribution in [-0.2, 0) is 28.6 Å². The number of nitrogens with zero attached hydrogens (tertiary/aromatic N) is 1. The van der Waals surface area contributed by atoms with Crippen molar-refractivity contribution in [3.63, 3.8) is 0 Å². The molecule has 1 N–H and O–H groups in total. The maximum Gasteiger partial charge on any atom is 0.362 e. The number of rotatable bonds is 40. The normalized spacial score (nSPS) is 13.6. The van der Waals surface area contributed by atoms with Crippen LogP contribution in [-0.4, -0.2) is 80.6 Å². The number of carbonyl (C=O) groups is 3. The van der Waals surface area contributed by atoms with Crippen LogP contribution in [0.25, 0.3) is 0 Å². The molecule has 58 heavy (non-hydrogen) atoms. The highest BCUT2D eigenvalue weighted by atomic mass is 16.6. The average molecular weight is 813 g/mol. The van der Waals surface area contributed by atoms with Gasteiger partial charge in [-0.2, -0.15) is 0 Å². The van der Waals surface area contributed by atoms with Gasteiger partial charge in [0.1, 0.15) is 6.61 Å². The van der Waals surface area contributed by atoms with E-state index in [-0.39, 0.29) is 42.7 Å². The third-order valence-corrected chi connectivity index (χ3v) is 9.97. The van der Waals surface area contributed by atoms with Crippen LogP contribution in [0.5, 0.6) is 0 Å². The summed E-state index contributed by atoms with van der Waals surface area (Å²) >= 11 is 0. The highest BCUT2D eigenvalue weighted by molar-refractivity contribution is 5.72. The number of carboxylic acid groups (broad SMARTS) is 1. The summed E-state index contributed by atoms with van der Waals surface area (Å²) in [4.78, 5) is 37.0. The number of quaternary nitrogens is 1. The van der Waals surface area contributed by atoms with Gasteiger partial charge in [-0.25, -0.2) is 4.79 Å². The van der Waals surface area contributed by atoms with E-state index in [2.05, 4.69) is 32.1 Å². The smallest absolute Gasteiger partial charge is 0.362 e. The van der Waals surface area contributed by atoms with Gasteiger partial charge in [0.15, 0.2) is 12.1 Å². The Labute approximate surface area is 355 Å². The minimum atomic E-state index is -0.890. The van der Waals surface area contributed by atoms with Crippen LogP contribution in [0.4, 0.5) is 0 Å². The van der Waals surface area contributed by atoms with E-state index < -0.39 is 18.1 Å². The summed E-state index contributed by atoms with van der Waals surface area (Å²) in [6.45, 7) is 4.50. The van der Waals surface area contributed by atoms with Crippen molar-refractivity contribution >= 4 is 17.9 Å². The number of esters is 2. The summed E-state index contributed by atoms with van der Waals surface area (Å²) in [7, 11) is 5.49. The van der Waals surface area contributed by atoms with Gasteiger partial charge in [0.05, 0.1) is 34.4 Å².